The molecule has 0 aliphatic heterocycles. The van der Waals surface area contributed by atoms with Crippen LogP contribution >= 0.6 is 0 Å². The second-order valence-corrected chi connectivity index (χ2v) is 3.40. The highest BCUT2D eigenvalue weighted by Gasteiger charge is 2.00. The van der Waals surface area contributed by atoms with Gasteiger partial charge in [0.2, 0.25) is 0 Å². The first kappa shape index (κ1) is 8.94. The number of pyridine rings is 1. The van der Waals surface area contributed by atoms with Gasteiger partial charge in [-0.2, -0.15) is 0 Å². The maximum absolute atomic E-state index is 12.9. The van der Waals surface area contributed by atoms with E-state index in [2.05, 4.69) is 4.98 Å². The van der Waals surface area contributed by atoms with E-state index in [0.29, 0.717) is 0 Å². The van der Waals surface area contributed by atoms with Crippen molar-refractivity contribution in [2.75, 3.05) is 19.0 Å². The monoisotopic (exact) mass is 190 g/mol. The van der Waals surface area contributed by atoms with E-state index in [-0.39, 0.29) is 5.82 Å². The highest BCUT2D eigenvalue weighted by atomic mass is 19.1. The Morgan fingerprint density at radius 3 is 2.64 bits per heavy atom. The van der Waals surface area contributed by atoms with Crippen LogP contribution < -0.4 is 4.90 Å². The van der Waals surface area contributed by atoms with Gasteiger partial charge in [0.05, 0.1) is 5.52 Å². The van der Waals surface area contributed by atoms with Gasteiger partial charge < -0.3 is 4.90 Å². The Hall–Kier alpha value is -1.64. The van der Waals surface area contributed by atoms with Gasteiger partial charge in [-0.05, 0) is 30.3 Å². The zero-order chi connectivity index (χ0) is 10.1. The van der Waals surface area contributed by atoms with Crippen LogP contribution in [0.1, 0.15) is 0 Å². The minimum Gasteiger partial charge on any atom is -0.363 e. The van der Waals surface area contributed by atoms with E-state index in [1.807, 2.05) is 31.1 Å². The third-order valence-electron chi connectivity index (χ3n) is 2.09. The molecule has 0 atom stereocenters. The van der Waals surface area contributed by atoms with E-state index < -0.39 is 0 Å². The van der Waals surface area contributed by atoms with Crippen LogP contribution in [0.3, 0.4) is 0 Å². The summed E-state index contributed by atoms with van der Waals surface area (Å²) < 4.78 is 12.9. The summed E-state index contributed by atoms with van der Waals surface area (Å²) in [6, 6.07) is 8.36. The smallest absolute Gasteiger partial charge is 0.128 e. The number of hydrogen-bond acceptors (Lipinski definition) is 2. The van der Waals surface area contributed by atoms with Gasteiger partial charge in [0.1, 0.15) is 11.6 Å². The Morgan fingerprint density at radius 2 is 1.93 bits per heavy atom. The molecule has 1 aromatic heterocycles. The van der Waals surface area contributed by atoms with Crippen LogP contribution in [0, 0.1) is 5.82 Å². The van der Waals surface area contributed by atoms with Gasteiger partial charge in [0.25, 0.3) is 0 Å². The molecule has 0 saturated heterocycles. The van der Waals surface area contributed by atoms with Crippen LogP contribution in [0.15, 0.2) is 30.3 Å². The van der Waals surface area contributed by atoms with Crippen molar-refractivity contribution in [1.82, 2.24) is 4.98 Å². The third kappa shape index (κ3) is 1.53. The van der Waals surface area contributed by atoms with Gasteiger partial charge in [0, 0.05) is 19.5 Å². The molecule has 0 saturated carbocycles. The molecule has 0 aliphatic carbocycles. The molecule has 14 heavy (non-hydrogen) atoms. The number of fused-ring (bicyclic) bond motifs is 1. The number of halogens is 1. The summed E-state index contributed by atoms with van der Waals surface area (Å²) in [6.45, 7) is 0. The van der Waals surface area contributed by atoms with Crippen LogP contribution in [-0.2, 0) is 0 Å². The lowest BCUT2D eigenvalue weighted by atomic mass is 10.2. The number of hydrogen-bond donors (Lipinski definition) is 0. The van der Waals surface area contributed by atoms with Crippen molar-refractivity contribution in [3.05, 3.63) is 36.1 Å². The van der Waals surface area contributed by atoms with E-state index in [4.69, 9.17) is 0 Å². The minimum absolute atomic E-state index is 0.225. The Morgan fingerprint density at radius 1 is 1.14 bits per heavy atom. The standard InChI is InChI=1S/C11H11FN2/c1-14(2)11-6-3-8-7-9(12)4-5-10(8)13-11/h3-7H,1-2H3. The van der Waals surface area contributed by atoms with Gasteiger partial charge >= 0.3 is 0 Å². The maximum Gasteiger partial charge on any atom is 0.128 e. The number of rotatable bonds is 1. The van der Waals surface area contributed by atoms with Crippen LogP contribution in [0.4, 0.5) is 10.2 Å². The highest BCUT2D eigenvalue weighted by Crippen LogP contribution is 2.17. The molecule has 0 aliphatic rings. The highest BCUT2D eigenvalue weighted by molar-refractivity contribution is 5.80. The van der Waals surface area contributed by atoms with E-state index in [9.17, 15) is 4.39 Å². The van der Waals surface area contributed by atoms with Gasteiger partial charge in [-0.15, -0.1) is 0 Å². The molecule has 2 rings (SSSR count). The fraction of sp³-hybridized carbons (Fsp3) is 0.182. The first-order valence-corrected chi connectivity index (χ1v) is 4.40. The summed E-state index contributed by atoms with van der Waals surface area (Å²) >= 11 is 0. The zero-order valence-electron chi connectivity index (χ0n) is 8.16. The Bertz CT molecular complexity index is 466. The number of aromatic nitrogens is 1. The lowest BCUT2D eigenvalue weighted by Crippen LogP contribution is -2.10. The Balaban J connectivity index is 2.62. The number of benzene rings is 1. The molecule has 0 fully saturated rings. The molecular weight excluding hydrogens is 179 g/mol. The second-order valence-electron chi connectivity index (χ2n) is 3.40. The van der Waals surface area contributed by atoms with E-state index in [1.54, 1.807) is 6.07 Å². The molecule has 72 valence electrons. The van der Waals surface area contributed by atoms with Crippen molar-refractivity contribution in [3.63, 3.8) is 0 Å². The molecule has 2 nitrogen and oxygen atoms in total. The summed E-state index contributed by atoms with van der Waals surface area (Å²) in [7, 11) is 3.86. The summed E-state index contributed by atoms with van der Waals surface area (Å²) in [5, 5.41) is 0.829. The van der Waals surface area contributed by atoms with Crippen LogP contribution in [0.2, 0.25) is 0 Å². The number of anilines is 1. The first-order valence-electron chi connectivity index (χ1n) is 4.40. The summed E-state index contributed by atoms with van der Waals surface area (Å²) in [5.74, 6) is 0.654. The van der Waals surface area contributed by atoms with E-state index >= 15 is 0 Å². The van der Waals surface area contributed by atoms with Gasteiger partial charge in [-0.25, -0.2) is 9.37 Å². The Kier molecular flexibility index (Phi) is 2.08. The van der Waals surface area contributed by atoms with Crippen molar-refractivity contribution < 1.29 is 4.39 Å². The normalized spacial score (nSPS) is 10.5. The van der Waals surface area contributed by atoms with Crippen LogP contribution in [0.5, 0.6) is 0 Å². The zero-order valence-corrected chi connectivity index (χ0v) is 8.16. The first-order chi connectivity index (χ1) is 6.66. The molecule has 0 spiro atoms. The van der Waals surface area contributed by atoms with Crippen LogP contribution in [-0.4, -0.2) is 19.1 Å². The molecule has 0 N–H and O–H groups in total. The Labute approximate surface area is 82.0 Å². The van der Waals surface area contributed by atoms with E-state index in [0.717, 1.165) is 16.7 Å². The molecular formula is C11H11FN2. The molecule has 0 unspecified atom stereocenters. The molecule has 1 heterocycles. The van der Waals surface area contributed by atoms with Gasteiger partial charge in [-0.3, -0.25) is 0 Å². The molecule has 3 heteroatoms. The van der Waals surface area contributed by atoms with Gasteiger partial charge in [-0.1, -0.05) is 0 Å². The fourth-order valence-corrected chi connectivity index (χ4v) is 1.33. The van der Waals surface area contributed by atoms with Crippen molar-refractivity contribution >= 4 is 16.7 Å². The van der Waals surface area contributed by atoms with Crippen molar-refractivity contribution in [3.8, 4) is 0 Å². The quantitative estimate of drug-likeness (QED) is 0.686. The lowest BCUT2D eigenvalue weighted by Gasteiger charge is -2.11. The lowest BCUT2D eigenvalue weighted by molar-refractivity contribution is 0.629. The summed E-state index contributed by atoms with van der Waals surface area (Å²) in [5.41, 5.74) is 0.817. The maximum atomic E-state index is 12.9. The molecule has 0 amide bonds. The molecule has 0 radical (unpaired) electrons. The predicted molar refractivity (Wildman–Crippen MR) is 56.0 cm³/mol. The molecule has 2 aromatic rings. The average Bonchev–Trinajstić information content (AvgIpc) is 2.16. The minimum atomic E-state index is -0.225. The number of nitrogens with zero attached hydrogens (tertiary/aromatic N) is 2. The van der Waals surface area contributed by atoms with Crippen molar-refractivity contribution in [1.29, 1.82) is 0 Å². The SMILES string of the molecule is CN(C)c1ccc2cc(F)ccc2n1. The van der Waals surface area contributed by atoms with Crippen LogP contribution in [0.25, 0.3) is 10.9 Å². The summed E-state index contributed by atoms with van der Waals surface area (Å²) in [4.78, 5) is 6.29. The van der Waals surface area contributed by atoms with Gasteiger partial charge in [0.15, 0.2) is 0 Å². The predicted octanol–water partition coefficient (Wildman–Crippen LogP) is 2.44. The van der Waals surface area contributed by atoms with Crippen molar-refractivity contribution in [2.24, 2.45) is 0 Å². The van der Waals surface area contributed by atoms with Crippen molar-refractivity contribution in [2.45, 2.75) is 0 Å². The summed E-state index contributed by atoms with van der Waals surface area (Å²) in [6.07, 6.45) is 0. The second kappa shape index (κ2) is 3.25. The topological polar surface area (TPSA) is 16.1 Å². The molecule has 0 bridgehead atoms. The average molecular weight is 190 g/mol. The fourth-order valence-electron chi connectivity index (χ4n) is 1.33. The third-order valence-corrected chi connectivity index (χ3v) is 2.09. The largest absolute Gasteiger partial charge is 0.363 e. The molecule has 1 aromatic carbocycles. The van der Waals surface area contributed by atoms with E-state index in [1.165, 1.54) is 12.1 Å².